The Balaban J connectivity index is 1.54. The average Bonchev–Trinajstić information content (AvgIpc) is 3.63. The van der Waals surface area contributed by atoms with Gasteiger partial charge in [0.25, 0.3) is 5.91 Å². The van der Waals surface area contributed by atoms with Gasteiger partial charge in [-0.1, -0.05) is 18.5 Å². The van der Waals surface area contributed by atoms with Crippen LogP contribution in [0, 0.1) is 11.6 Å². The van der Waals surface area contributed by atoms with Crippen LogP contribution in [0.3, 0.4) is 0 Å². The molecule has 43 heavy (non-hydrogen) atoms. The summed E-state index contributed by atoms with van der Waals surface area (Å²) >= 11 is 5.92. The van der Waals surface area contributed by atoms with Crippen molar-refractivity contribution >= 4 is 29.4 Å². The molecule has 5 rings (SSSR count). The van der Waals surface area contributed by atoms with Crippen LogP contribution in [0.15, 0.2) is 35.3 Å². The summed E-state index contributed by atoms with van der Waals surface area (Å²) in [5.74, 6) is -2.88. The van der Waals surface area contributed by atoms with Crippen molar-refractivity contribution in [2.75, 3.05) is 26.0 Å². The fourth-order valence-electron chi connectivity index (χ4n) is 4.97. The molecule has 1 fully saturated rings. The Kier molecular flexibility index (Phi) is 7.99. The van der Waals surface area contributed by atoms with Crippen molar-refractivity contribution in [1.82, 2.24) is 10.3 Å². The van der Waals surface area contributed by atoms with E-state index in [-0.39, 0.29) is 75.7 Å². The van der Waals surface area contributed by atoms with Gasteiger partial charge in [0.05, 0.1) is 36.7 Å². The molecule has 4 N–H and O–H groups in total. The highest BCUT2D eigenvalue weighted by molar-refractivity contribution is 6.31. The predicted octanol–water partition coefficient (Wildman–Crippen LogP) is 5.53. The van der Waals surface area contributed by atoms with E-state index in [9.17, 15) is 27.5 Å². The zero-order valence-corrected chi connectivity index (χ0v) is 23.6. The number of aliphatic imine (C=N–C) groups is 1. The lowest BCUT2D eigenvalue weighted by Crippen LogP contribution is -2.49. The number of hydrogen-bond acceptors (Lipinski definition) is 7. The molecule has 1 aromatic heterocycles. The Labute approximate surface area is 247 Å². The summed E-state index contributed by atoms with van der Waals surface area (Å²) in [5.41, 5.74) is 1.12. The van der Waals surface area contributed by atoms with Gasteiger partial charge in [-0.05, 0) is 37.1 Å². The number of aromatic nitrogens is 1. The van der Waals surface area contributed by atoms with Gasteiger partial charge in [0.15, 0.2) is 5.60 Å². The van der Waals surface area contributed by atoms with E-state index >= 15 is 4.39 Å². The summed E-state index contributed by atoms with van der Waals surface area (Å²) in [5, 5.41) is 14.0. The number of halogens is 6. The van der Waals surface area contributed by atoms with Gasteiger partial charge >= 0.3 is 6.55 Å². The molecule has 2 aliphatic rings. The fourth-order valence-corrected chi connectivity index (χ4v) is 5.13. The minimum atomic E-state index is -3.02. The van der Waals surface area contributed by atoms with Crippen LogP contribution in [0.5, 0.6) is 11.5 Å². The molecule has 228 valence electrons. The highest BCUT2D eigenvalue weighted by atomic mass is 35.5. The molecular weight excluding hydrogens is 599 g/mol. The maximum atomic E-state index is 15.9. The molecule has 1 aliphatic heterocycles. The summed E-state index contributed by atoms with van der Waals surface area (Å²) in [4.78, 5) is 20.6. The number of ether oxygens (including phenoxy) is 2. The Morgan fingerprint density at radius 2 is 2.02 bits per heavy atom. The molecule has 0 radical (unpaired) electrons. The van der Waals surface area contributed by atoms with Crippen molar-refractivity contribution in [2.24, 2.45) is 4.99 Å². The smallest absolute Gasteiger partial charge is 0.331 e. The largest absolute Gasteiger partial charge is 0.495 e. The molecule has 0 bridgehead atoms. The number of fused-ring (bicyclic) bond motifs is 1. The molecule has 0 spiro atoms. The van der Waals surface area contributed by atoms with Crippen LogP contribution in [-0.4, -0.2) is 54.7 Å². The number of rotatable bonds is 9. The zero-order chi connectivity index (χ0) is 31.3. The van der Waals surface area contributed by atoms with Gasteiger partial charge in [-0.15, -0.1) is 0 Å². The lowest BCUT2D eigenvalue weighted by Gasteiger charge is -2.32. The van der Waals surface area contributed by atoms with Crippen molar-refractivity contribution in [1.29, 1.82) is 0 Å². The van der Waals surface area contributed by atoms with Gasteiger partial charge in [-0.2, -0.15) is 8.78 Å². The van der Waals surface area contributed by atoms with Gasteiger partial charge in [0, 0.05) is 40.5 Å². The zero-order valence-electron chi connectivity index (χ0n) is 22.9. The van der Waals surface area contributed by atoms with Gasteiger partial charge in [-0.25, -0.2) is 23.1 Å². The Morgan fingerprint density at radius 1 is 1.30 bits per heavy atom. The summed E-state index contributed by atoms with van der Waals surface area (Å²) in [6.07, 6.45) is 0.677. The average molecular weight is 625 g/mol. The maximum Gasteiger partial charge on any atom is 0.331 e. The first-order valence-corrected chi connectivity index (χ1v) is 13.5. The number of carbonyl (C=O) groups excluding carboxylic acids is 1. The lowest BCUT2D eigenvalue weighted by atomic mass is 9.87. The minimum Gasteiger partial charge on any atom is -0.495 e. The highest BCUT2D eigenvalue weighted by Crippen LogP contribution is 2.54. The fraction of sp³-hybridized carbons (Fsp3) is 0.345. The van der Waals surface area contributed by atoms with E-state index in [1.165, 1.54) is 25.3 Å². The first kappa shape index (κ1) is 30.5. The van der Waals surface area contributed by atoms with Crippen LogP contribution < -0.4 is 20.5 Å². The van der Waals surface area contributed by atoms with Crippen LogP contribution in [0.2, 0.25) is 5.02 Å². The number of benzene rings is 2. The summed E-state index contributed by atoms with van der Waals surface area (Å²) in [6.45, 7) is -1.70. The van der Waals surface area contributed by atoms with Crippen LogP contribution in [0.25, 0.3) is 11.3 Å². The number of anilines is 1. The third-order valence-electron chi connectivity index (χ3n) is 7.62. The van der Waals surface area contributed by atoms with Crippen LogP contribution in [0.4, 0.5) is 27.6 Å². The molecular formula is C29H26ClF5N4O4. The van der Waals surface area contributed by atoms with E-state index in [4.69, 9.17) is 26.8 Å². The number of alkyl halides is 3. The quantitative estimate of drug-likeness (QED) is 0.0948. The lowest BCUT2D eigenvalue weighted by molar-refractivity contribution is -0.0566. The third kappa shape index (κ3) is 5.58. The van der Waals surface area contributed by atoms with Crippen LogP contribution in [0.1, 0.15) is 52.9 Å². The van der Waals surface area contributed by atoms with Gasteiger partial charge in [0.2, 0.25) is 0 Å². The molecule has 3 aromatic rings. The van der Waals surface area contributed by atoms with Gasteiger partial charge < -0.3 is 25.6 Å². The number of pyridine rings is 1. The molecule has 2 atom stereocenters. The number of methoxy groups -OCH3 is 1. The second kappa shape index (κ2) is 11.3. The molecule has 8 nitrogen and oxygen atoms in total. The van der Waals surface area contributed by atoms with Crippen molar-refractivity contribution in [3.8, 4) is 22.8 Å². The standard InChI is InChI=1S/C29H26ClF5N4O4/c1-13-11-43-25-16(13)8-22(39-24(25)17-7-18(30)20(32)9-19(17)31)29(41,28(35)3-4-28)12-38-26(40)14-5-15(10-37-27(33)34)23(36)21(6-14)42-2/h5-10,13,27,41H,3-4,11-12,36H2,1-2H3,(H,38,40)/b37-10+/t13-,29+/m1/s1. The SMILES string of the molecule is COc1cc(C(=O)NC[C@](O)(c2cc3c(c(-c4cc(Cl)c(F)cc4F)n2)OC[C@H]3C)C2(F)CC2)cc(/C=N/C(F)F)c1N. The molecule has 0 saturated heterocycles. The highest BCUT2D eigenvalue weighted by Gasteiger charge is 2.62. The first-order chi connectivity index (χ1) is 20.3. The molecule has 1 aliphatic carbocycles. The van der Waals surface area contributed by atoms with Crippen molar-refractivity contribution in [2.45, 2.75) is 43.5 Å². The number of hydrogen-bond donors (Lipinski definition) is 3. The second-order valence-electron chi connectivity index (χ2n) is 10.5. The number of nitrogen functional groups attached to an aromatic ring is 1. The van der Waals surface area contributed by atoms with Crippen LogP contribution >= 0.6 is 11.6 Å². The van der Waals surface area contributed by atoms with Crippen LogP contribution in [-0.2, 0) is 5.60 Å². The monoisotopic (exact) mass is 624 g/mol. The van der Waals surface area contributed by atoms with Gasteiger partial charge in [-0.3, -0.25) is 4.79 Å². The van der Waals surface area contributed by atoms with Crippen molar-refractivity contribution in [3.05, 3.63) is 69.4 Å². The van der Waals surface area contributed by atoms with Crippen molar-refractivity contribution in [3.63, 3.8) is 0 Å². The molecule has 14 heteroatoms. The molecule has 2 heterocycles. The van der Waals surface area contributed by atoms with E-state index in [1.807, 2.05) is 0 Å². The van der Waals surface area contributed by atoms with Crippen molar-refractivity contribution < 1.29 is 41.3 Å². The van der Waals surface area contributed by atoms with E-state index < -0.39 is 41.9 Å². The molecule has 2 aromatic carbocycles. The molecule has 1 saturated carbocycles. The van der Waals surface area contributed by atoms with E-state index in [0.717, 1.165) is 12.3 Å². The van der Waals surface area contributed by atoms with E-state index in [2.05, 4.69) is 15.3 Å². The molecule has 1 amide bonds. The number of carbonyl (C=O) groups is 1. The number of aliphatic hydroxyl groups is 1. The summed E-state index contributed by atoms with van der Waals surface area (Å²) in [7, 11) is 1.26. The topological polar surface area (TPSA) is 119 Å². The minimum absolute atomic E-state index is 0.00156. The first-order valence-electron chi connectivity index (χ1n) is 13.1. The number of nitrogens with zero attached hydrogens (tertiary/aromatic N) is 2. The Morgan fingerprint density at radius 3 is 2.67 bits per heavy atom. The molecule has 0 unspecified atom stereocenters. The number of nitrogens with one attached hydrogen (secondary N) is 1. The second-order valence-corrected chi connectivity index (χ2v) is 10.9. The summed E-state index contributed by atoms with van der Waals surface area (Å²) in [6, 6.07) is 5.49. The number of nitrogens with two attached hydrogens (primary N) is 1. The predicted molar refractivity (Wildman–Crippen MR) is 149 cm³/mol. The third-order valence-corrected chi connectivity index (χ3v) is 7.91. The van der Waals surface area contributed by atoms with E-state index in [1.54, 1.807) is 6.92 Å². The Hall–Kier alpha value is -3.97. The Bertz CT molecular complexity index is 1640. The maximum absolute atomic E-state index is 15.9. The van der Waals surface area contributed by atoms with E-state index in [0.29, 0.717) is 11.6 Å². The van der Waals surface area contributed by atoms with Gasteiger partial charge in [0.1, 0.15) is 34.5 Å². The number of amides is 1. The normalized spacial score (nSPS) is 18.3. The summed E-state index contributed by atoms with van der Waals surface area (Å²) < 4.78 is 81.0.